The van der Waals surface area contributed by atoms with Gasteiger partial charge >= 0.3 is 6.18 Å². The number of nitrogens with one attached hydrogen (secondary N) is 3. The van der Waals surface area contributed by atoms with Gasteiger partial charge in [-0.15, -0.1) is 0 Å². The van der Waals surface area contributed by atoms with Crippen LogP contribution in [0.2, 0.25) is 0 Å². The highest BCUT2D eigenvalue weighted by molar-refractivity contribution is 5.79. The van der Waals surface area contributed by atoms with E-state index in [0.29, 0.717) is 32.0 Å². The molecular formula is C25H26F3N5O2. The minimum atomic E-state index is -4.70. The molecule has 35 heavy (non-hydrogen) atoms. The Morgan fingerprint density at radius 3 is 2.14 bits per heavy atom. The van der Waals surface area contributed by atoms with Crippen LogP contribution >= 0.6 is 0 Å². The van der Waals surface area contributed by atoms with Crippen molar-refractivity contribution < 1.29 is 18.0 Å². The van der Waals surface area contributed by atoms with Gasteiger partial charge in [-0.2, -0.15) is 13.2 Å². The summed E-state index contributed by atoms with van der Waals surface area (Å²) in [6.07, 6.45) is -3.51. The van der Waals surface area contributed by atoms with Crippen LogP contribution in [0.3, 0.4) is 0 Å². The second kappa shape index (κ2) is 10.7. The fourth-order valence-corrected chi connectivity index (χ4v) is 4.16. The molecule has 1 aliphatic heterocycles. The Morgan fingerprint density at radius 2 is 1.60 bits per heavy atom. The van der Waals surface area contributed by atoms with Gasteiger partial charge in [0.05, 0.1) is 12.6 Å². The third kappa shape index (κ3) is 6.69. The first-order valence-corrected chi connectivity index (χ1v) is 11.3. The summed E-state index contributed by atoms with van der Waals surface area (Å²) in [5.41, 5.74) is -0.130. The van der Waals surface area contributed by atoms with Gasteiger partial charge in [-0.05, 0) is 24.0 Å². The van der Waals surface area contributed by atoms with Gasteiger partial charge in [0, 0.05) is 25.2 Å². The lowest BCUT2D eigenvalue weighted by Crippen LogP contribution is -2.45. The Kier molecular flexibility index (Phi) is 7.50. The molecule has 10 heteroatoms. The summed E-state index contributed by atoms with van der Waals surface area (Å²) in [6.45, 7) is 1.37. The lowest BCUT2D eigenvalue weighted by Gasteiger charge is -2.32. The van der Waals surface area contributed by atoms with Crippen LogP contribution in [0.25, 0.3) is 0 Å². The lowest BCUT2D eigenvalue weighted by atomic mass is 9.98. The zero-order valence-electron chi connectivity index (χ0n) is 18.9. The highest BCUT2D eigenvalue weighted by atomic mass is 19.4. The molecule has 184 valence electrons. The SMILES string of the molecule is O=C(CN1CCC(Nc2nc(C(F)(F)F)cc(=O)[nH]2)CC1)NC(c1ccccc1)c1ccccc1. The highest BCUT2D eigenvalue weighted by Gasteiger charge is 2.33. The Bertz CT molecular complexity index is 1140. The lowest BCUT2D eigenvalue weighted by molar-refractivity contribution is -0.141. The van der Waals surface area contributed by atoms with Crippen molar-refractivity contribution in [3.05, 3.63) is 93.9 Å². The second-order valence-corrected chi connectivity index (χ2v) is 8.49. The van der Waals surface area contributed by atoms with Crippen LogP contribution in [0.15, 0.2) is 71.5 Å². The molecule has 2 aromatic carbocycles. The molecule has 2 heterocycles. The van der Waals surface area contributed by atoms with Gasteiger partial charge in [0.25, 0.3) is 5.56 Å². The predicted molar refractivity (Wildman–Crippen MR) is 126 cm³/mol. The maximum absolute atomic E-state index is 12.9. The first-order chi connectivity index (χ1) is 16.8. The van der Waals surface area contributed by atoms with Crippen LogP contribution in [0.4, 0.5) is 19.1 Å². The molecular weight excluding hydrogens is 459 g/mol. The minimum Gasteiger partial charge on any atom is -0.353 e. The van der Waals surface area contributed by atoms with E-state index in [9.17, 15) is 22.8 Å². The summed E-state index contributed by atoms with van der Waals surface area (Å²) >= 11 is 0. The summed E-state index contributed by atoms with van der Waals surface area (Å²) in [4.78, 5) is 32.3. The molecule has 0 radical (unpaired) electrons. The normalized spacial score (nSPS) is 15.2. The van der Waals surface area contributed by atoms with E-state index in [1.807, 2.05) is 65.6 Å². The van der Waals surface area contributed by atoms with Gasteiger partial charge in [-0.25, -0.2) is 4.98 Å². The molecule has 1 aliphatic rings. The van der Waals surface area contributed by atoms with E-state index in [0.717, 1.165) is 11.1 Å². The smallest absolute Gasteiger partial charge is 0.353 e. The fraction of sp³-hybridized carbons (Fsp3) is 0.320. The Morgan fingerprint density at radius 1 is 1.03 bits per heavy atom. The van der Waals surface area contributed by atoms with E-state index >= 15 is 0 Å². The van der Waals surface area contributed by atoms with E-state index in [2.05, 4.69) is 20.6 Å². The van der Waals surface area contributed by atoms with Crippen molar-refractivity contribution in [2.45, 2.75) is 31.1 Å². The Hall–Kier alpha value is -3.66. The summed E-state index contributed by atoms with van der Waals surface area (Å²) in [7, 11) is 0. The number of aromatic nitrogens is 2. The van der Waals surface area contributed by atoms with Crippen LogP contribution in [0.5, 0.6) is 0 Å². The minimum absolute atomic E-state index is 0.113. The van der Waals surface area contributed by atoms with Gasteiger partial charge in [-0.3, -0.25) is 19.5 Å². The van der Waals surface area contributed by atoms with Gasteiger partial charge in [0.1, 0.15) is 0 Å². The zero-order chi connectivity index (χ0) is 24.8. The molecule has 0 saturated carbocycles. The molecule has 1 aromatic heterocycles. The summed E-state index contributed by atoms with van der Waals surface area (Å²) in [5.74, 6) is -0.312. The summed E-state index contributed by atoms with van der Waals surface area (Å²) in [5, 5.41) is 6.01. The number of anilines is 1. The molecule has 0 aliphatic carbocycles. The van der Waals surface area contributed by atoms with Crippen LogP contribution in [-0.4, -0.2) is 46.5 Å². The number of alkyl halides is 3. The topological polar surface area (TPSA) is 90.1 Å². The molecule has 0 unspecified atom stereocenters. The monoisotopic (exact) mass is 485 g/mol. The van der Waals surface area contributed by atoms with E-state index in [1.165, 1.54) is 0 Å². The maximum atomic E-state index is 12.9. The number of aromatic amines is 1. The second-order valence-electron chi connectivity index (χ2n) is 8.49. The number of carbonyl (C=O) groups is 1. The number of carbonyl (C=O) groups excluding carboxylic acids is 1. The number of hydrogen-bond donors (Lipinski definition) is 3. The van der Waals surface area contributed by atoms with Crippen LogP contribution in [-0.2, 0) is 11.0 Å². The molecule has 1 saturated heterocycles. The molecule has 7 nitrogen and oxygen atoms in total. The standard InChI is InChI=1S/C25H26F3N5O2/c26-25(27,28)20-15-21(34)32-24(30-20)29-19-11-13-33(14-12-19)16-22(35)31-23(17-7-3-1-4-8-17)18-9-5-2-6-10-18/h1-10,15,19,23H,11-14,16H2,(H,31,35)(H2,29,30,32,34). The molecule has 3 aromatic rings. The first kappa shape index (κ1) is 24.5. The predicted octanol–water partition coefficient (Wildman–Crippen LogP) is 3.57. The average molecular weight is 486 g/mol. The van der Waals surface area contributed by atoms with E-state index in [-0.39, 0.29) is 30.5 Å². The number of rotatable bonds is 7. The van der Waals surface area contributed by atoms with Crippen LogP contribution in [0.1, 0.15) is 35.7 Å². The van der Waals surface area contributed by atoms with Gasteiger partial charge in [0.15, 0.2) is 5.69 Å². The number of H-pyrrole nitrogens is 1. The number of piperidine rings is 1. The van der Waals surface area contributed by atoms with Crippen LogP contribution < -0.4 is 16.2 Å². The number of amides is 1. The van der Waals surface area contributed by atoms with Gasteiger partial charge in [0.2, 0.25) is 11.9 Å². The molecule has 0 spiro atoms. The third-order valence-electron chi connectivity index (χ3n) is 5.90. The van der Waals surface area contributed by atoms with E-state index in [4.69, 9.17) is 0 Å². The van der Waals surface area contributed by atoms with Crippen molar-refractivity contribution >= 4 is 11.9 Å². The number of halogens is 3. The average Bonchev–Trinajstić information content (AvgIpc) is 2.84. The Balaban J connectivity index is 1.33. The number of hydrogen-bond acceptors (Lipinski definition) is 5. The number of likely N-dealkylation sites (tertiary alicyclic amines) is 1. The molecule has 3 N–H and O–H groups in total. The zero-order valence-corrected chi connectivity index (χ0v) is 18.9. The highest BCUT2D eigenvalue weighted by Crippen LogP contribution is 2.27. The largest absolute Gasteiger partial charge is 0.433 e. The van der Waals surface area contributed by atoms with Crippen molar-refractivity contribution in [1.29, 1.82) is 0 Å². The van der Waals surface area contributed by atoms with Crippen molar-refractivity contribution in [3.8, 4) is 0 Å². The fourth-order valence-electron chi connectivity index (χ4n) is 4.16. The van der Waals surface area contributed by atoms with Crippen molar-refractivity contribution in [2.24, 2.45) is 0 Å². The van der Waals surface area contributed by atoms with Crippen LogP contribution in [0, 0.1) is 0 Å². The van der Waals surface area contributed by atoms with Gasteiger partial charge in [-0.1, -0.05) is 60.7 Å². The number of nitrogens with zero attached hydrogens (tertiary/aromatic N) is 2. The molecule has 4 rings (SSSR count). The summed E-state index contributed by atoms with van der Waals surface area (Å²) in [6, 6.07) is 19.5. The van der Waals surface area contributed by atoms with Crippen molar-refractivity contribution in [1.82, 2.24) is 20.2 Å². The third-order valence-corrected chi connectivity index (χ3v) is 5.90. The Labute approximate surface area is 200 Å². The van der Waals surface area contributed by atoms with Gasteiger partial charge < -0.3 is 10.6 Å². The number of benzene rings is 2. The van der Waals surface area contributed by atoms with Crippen molar-refractivity contribution in [2.75, 3.05) is 25.0 Å². The molecule has 0 bridgehead atoms. The first-order valence-electron chi connectivity index (χ1n) is 11.3. The molecule has 0 atom stereocenters. The molecule has 1 fully saturated rings. The van der Waals surface area contributed by atoms with E-state index in [1.54, 1.807) is 0 Å². The maximum Gasteiger partial charge on any atom is 0.433 e. The molecule has 1 amide bonds. The van der Waals surface area contributed by atoms with Crippen molar-refractivity contribution in [3.63, 3.8) is 0 Å². The summed E-state index contributed by atoms with van der Waals surface area (Å²) < 4.78 is 38.8. The van der Waals surface area contributed by atoms with E-state index < -0.39 is 17.4 Å². The quantitative estimate of drug-likeness (QED) is 0.476.